The van der Waals surface area contributed by atoms with Gasteiger partial charge >= 0.3 is 0 Å². The van der Waals surface area contributed by atoms with Crippen LogP contribution in [0.4, 0.5) is 5.69 Å². The van der Waals surface area contributed by atoms with E-state index in [4.69, 9.17) is 0 Å². The highest BCUT2D eigenvalue weighted by Crippen LogP contribution is 2.39. The van der Waals surface area contributed by atoms with Crippen LogP contribution in [-0.2, 0) is 16.0 Å². The molecule has 26 heavy (non-hydrogen) atoms. The minimum atomic E-state index is -1.02. The van der Waals surface area contributed by atoms with E-state index in [0.29, 0.717) is 4.88 Å². The van der Waals surface area contributed by atoms with Gasteiger partial charge in [0.05, 0.1) is 0 Å². The first-order valence-electron chi connectivity index (χ1n) is 7.80. The van der Waals surface area contributed by atoms with Gasteiger partial charge in [-0.25, -0.2) is 0 Å². The van der Waals surface area contributed by atoms with Crippen LogP contribution in [0, 0.1) is 11.3 Å². The van der Waals surface area contributed by atoms with Crippen LogP contribution < -0.4 is 4.90 Å². The lowest BCUT2D eigenvalue weighted by Gasteiger charge is -2.11. The Balaban J connectivity index is 2.04. The van der Waals surface area contributed by atoms with E-state index in [0.717, 1.165) is 38.6 Å². The van der Waals surface area contributed by atoms with E-state index in [1.807, 2.05) is 54.6 Å². The predicted octanol–water partition coefficient (Wildman–Crippen LogP) is 4.28. The van der Waals surface area contributed by atoms with Gasteiger partial charge in [0, 0.05) is 23.2 Å². The summed E-state index contributed by atoms with van der Waals surface area (Å²) in [5, 5.41) is 9.31. The monoisotopic (exact) mass is 380 g/mol. The van der Waals surface area contributed by atoms with Crippen molar-refractivity contribution in [3.05, 3.63) is 59.5 Å². The highest BCUT2D eigenvalue weighted by atomic mass is 32.2. The summed E-state index contributed by atoms with van der Waals surface area (Å²) in [4.78, 5) is 14.8. The fourth-order valence-corrected chi connectivity index (χ4v) is 4.11. The third-order valence-electron chi connectivity index (χ3n) is 4.03. The molecule has 3 rings (SSSR count). The Hall–Kier alpha value is -2.59. The van der Waals surface area contributed by atoms with Crippen molar-refractivity contribution in [2.24, 2.45) is 0 Å². The van der Waals surface area contributed by atoms with E-state index in [2.05, 4.69) is 6.07 Å². The van der Waals surface area contributed by atoms with Gasteiger partial charge in [0.15, 0.2) is 4.90 Å². The quantitative estimate of drug-likeness (QED) is 0.490. The zero-order chi connectivity index (χ0) is 18.7. The van der Waals surface area contributed by atoms with Gasteiger partial charge in [0.1, 0.15) is 17.2 Å². The van der Waals surface area contributed by atoms with Crippen molar-refractivity contribution in [2.75, 3.05) is 18.2 Å². The Kier molecular flexibility index (Phi) is 5.43. The Labute approximate surface area is 159 Å². The SMILES string of the molecule is CN(C=O)c1ccc(-c2sc(C#N)cc2-c2ccc([S+](C)[O-])cc2)cc1. The molecule has 0 fully saturated rings. The number of amides is 1. The number of nitriles is 1. The normalized spacial score (nSPS) is 11.6. The highest BCUT2D eigenvalue weighted by Gasteiger charge is 2.14. The number of anilines is 1. The van der Waals surface area contributed by atoms with Gasteiger partial charge in [0.25, 0.3) is 0 Å². The predicted molar refractivity (Wildman–Crippen MR) is 107 cm³/mol. The molecule has 0 aliphatic carbocycles. The molecule has 2 aromatic carbocycles. The summed E-state index contributed by atoms with van der Waals surface area (Å²) in [5.74, 6) is 0. The fraction of sp³-hybridized carbons (Fsp3) is 0.100. The van der Waals surface area contributed by atoms with Gasteiger partial charge in [0.2, 0.25) is 6.41 Å². The molecule has 1 amide bonds. The molecule has 0 spiro atoms. The smallest absolute Gasteiger partial charge is 0.213 e. The van der Waals surface area contributed by atoms with E-state index in [-0.39, 0.29) is 0 Å². The molecule has 0 saturated carbocycles. The molecule has 0 N–H and O–H groups in total. The van der Waals surface area contributed by atoms with E-state index >= 15 is 0 Å². The minimum Gasteiger partial charge on any atom is -0.612 e. The maximum absolute atomic E-state index is 11.6. The van der Waals surface area contributed by atoms with Crippen molar-refractivity contribution >= 4 is 34.6 Å². The van der Waals surface area contributed by atoms with Crippen LogP contribution in [0.2, 0.25) is 0 Å². The van der Waals surface area contributed by atoms with Crippen LogP contribution in [0.25, 0.3) is 21.6 Å². The molecule has 6 heteroatoms. The molecule has 0 bridgehead atoms. The number of carbonyl (C=O) groups excluding carboxylic acids is 1. The zero-order valence-electron chi connectivity index (χ0n) is 14.3. The van der Waals surface area contributed by atoms with Crippen LogP contribution in [0.1, 0.15) is 4.88 Å². The lowest BCUT2D eigenvalue weighted by molar-refractivity contribution is -0.107. The van der Waals surface area contributed by atoms with Crippen LogP contribution in [-0.4, -0.2) is 24.3 Å². The van der Waals surface area contributed by atoms with Crippen LogP contribution in [0.5, 0.6) is 0 Å². The number of carbonyl (C=O) groups is 1. The summed E-state index contributed by atoms with van der Waals surface area (Å²) in [7, 11) is 1.70. The molecule has 1 atom stereocenters. The maximum atomic E-state index is 11.6. The second kappa shape index (κ2) is 7.75. The van der Waals surface area contributed by atoms with Crippen LogP contribution >= 0.6 is 11.3 Å². The third-order valence-corrected chi connectivity index (χ3v) is 6.06. The number of hydrogen-bond acceptors (Lipinski definition) is 4. The first kappa shape index (κ1) is 18.2. The number of nitrogens with zero attached hydrogens (tertiary/aromatic N) is 2. The summed E-state index contributed by atoms with van der Waals surface area (Å²) in [6.45, 7) is 0. The Morgan fingerprint density at radius 1 is 1.12 bits per heavy atom. The Morgan fingerprint density at radius 2 is 1.73 bits per heavy atom. The number of hydrogen-bond donors (Lipinski definition) is 0. The van der Waals surface area contributed by atoms with Crippen molar-refractivity contribution in [3.8, 4) is 27.6 Å². The average Bonchev–Trinajstić information content (AvgIpc) is 3.12. The lowest BCUT2D eigenvalue weighted by Crippen LogP contribution is -2.13. The number of thiophene rings is 1. The summed E-state index contributed by atoms with van der Waals surface area (Å²) in [5.41, 5.74) is 3.73. The topological polar surface area (TPSA) is 67.2 Å². The second-order valence-corrected chi connectivity index (χ2v) is 8.14. The molecular weight excluding hydrogens is 364 g/mol. The van der Waals surface area contributed by atoms with Crippen molar-refractivity contribution in [2.45, 2.75) is 4.90 Å². The van der Waals surface area contributed by atoms with Gasteiger partial charge in [-0.05, 0) is 64.8 Å². The average molecular weight is 380 g/mol. The first-order valence-corrected chi connectivity index (χ1v) is 10.2. The number of benzene rings is 2. The fourth-order valence-electron chi connectivity index (χ4n) is 2.61. The molecule has 0 radical (unpaired) electrons. The summed E-state index contributed by atoms with van der Waals surface area (Å²) >= 11 is 0.411. The number of rotatable bonds is 5. The van der Waals surface area contributed by atoms with Gasteiger partial charge in [-0.2, -0.15) is 5.26 Å². The van der Waals surface area contributed by atoms with E-state index in [1.54, 1.807) is 13.3 Å². The summed E-state index contributed by atoms with van der Waals surface area (Å²) in [6, 6.07) is 19.3. The molecule has 3 aromatic rings. The van der Waals surface area contributed by atoms with E-state index in [9.17, 15) is 14.6 Å². The first-order chi connectivity index (χ1) is 12.5. The largest absolute Gasteiger partial charge is 0.612 e. The van der Waals surface area contributed by atoms with E-state index < -0.39 is 11.2 Å². The van der Waals surface area contributed by atoms with Crippen LogP contribution in [0.3, 0.4) is 0 Å². The van der Waals surface area contributed by atoms with Gasteiger partial charge in [-0.15, -0.1) is 11.3 Å². The van der Waals surface area contributed by atoms with Crippen molar-refractivity contribution in [3.63, 3.8) is 0 Å². The standard InChI is InChI=1S/C20H16N2O2S2/c1-22(13-23)16-7-3-15(4-8-16)20-19(11-17(12-21)25-20)14-5-9-18(10-6-14)26(2)24/h3-11,13H,1-2H3. The molecular formula is C20H16N2O2S2. The van der Waals surface area contributed by atoms with Gasteiger partial charge in [-0.3, -0.25) is 4.79 Å². The second-order valence-electron chi connectivity index (χ2n) is 5.71. The Bertz CT molecular complexity index is 955. The van der Waals surface area contributed by atoms with Crippen molar-refractivity contribution < 1.29 is 9.35 Å². The highest BCUT2D eigenvalue weighted by molar-refractivity contribution is 7.90. The summed E-state index contributed by atoms with van der Waals surface area (Å²) in [6.07, 6.45) is 2.41. The third kappa shape index (κ3) is 3.65. The molecule has 1 aromatic heterocycles. The van der Waals surface area contributed by atoms with Gasteiger partial charge < -0.3 is 9.45 Å². The van der Waals surface area contributed by atoms with E-state index in [1.165, 1.54) is 16.2 Å². The minimum absolute atomic E-state index is 0.632. The Morgan fingerprint density at radius 3 is 2.27 bits per heavy atom. The molecule has 130 valence electrons. The molecule has 0 aliphatic heterocycles. The molecule has 0 saturated heterocycles. The summed E-state index contributed by atoms with van der Waals surface area (Å²) < 4.78 is 11.6. The molecule has 0 aliphatic rings. The molecule has 1 heterocycles. The van der Waals surface area contributed by atoms with Crippen molar-refractivity contribution in [1.82, 2.24) is 0 Å². The van der Waals surface area contributed by atoms with Crippen LogP contribution in [0.15, 0.2) is 59.5 Å². The molecule has 1 unspecified atom stereocenters. The molecule has 4 nitrogen and oxygen atoms in total. The maximum Gasteiger partial charge on any atom is 0.213 e. The van der Waals surface area contributed by atoms with Crippen molar-refractivity contribution in [1.29, 1.82) is 5.26 Å². The van der Waals surface area contributed by atoms with Gasteiger partial charge in [-0.1, -0.05) is 12.1 Å². The lowest BCUT2D eigenvalue weighted by atomic mass is 10.0. The zero-order valence-corrected chi connectivity index (χ0v) is 15.9.